The van der Waals surface area contributed by atoms with Crippen LogP contribution in [0.3, 0.4) is 0 Å². The topological polar surface area (TPSA) is 103 Å². The van der Waals surface area contributed by atoms with Gasteiger partial charge in [0.15, 0.2) is 6.23 Å². The van der Waals surface area contributed by atoms with E-state index in [4.69, 9.17) is 14.2 Å². The highest BCUT2D eigenvalue weighted by Crippen LogP contribution is 2.31. The number of H-pyrrole nitrogens is 1. The van der Waals surface area contributed by atoms with E-state index in [0.717, 1.165) is 6.42 Å². The molecule has 0 aromatic carbocycles. The summed E-state index contributed by atoms with van der Waals surface area (Å²) >= 11 is 0. The first-order chi connectivity index (χ1) is 10.1. The normalized spacial score (nSPS) is 28.9. The molecule has 0 spiro atoms. The van der Waals surface area contributed by atoms with Crippen LogP contribution in [0.4, 0.5) is 0 Å². The van der Waals surface area contributed by atoms with Crippen molar-refractivity contribution in [2.45, 2.75) is 37.9 Å². The highest BCUT2D eigenvalue weighted by atomic mass is 16.6. The van der Waals surface area contributed by atoms with Gasteiger partial charge in [0.2, 0.25) is 0 Å². The summed E-state index contributed by atoms with van der Waals surface area (Å²) in [6, 6.07) is 1.22. The standard InChI is InChI=1S/C13H20N2O6/c1-3-6-20-11-10(17)8(7-19-2)21-12(11)15-5-4-9(16)14-13(15)18/h4-5,8,10-12,17H,3,6-7H2,1-2H3,(H,14,16,18)/t8-,10?,11?,12-/m1/s1. The van der Waals surface area contributed by atoms with Crippen molar-refractivity contribution in [2.75, 3.05) is 20.3 Å². The fourth-order valence-electron chi connectivity index (χ4n) is 2.31. The number of hydrogen-bond donors (Lipinski definition) is 2. The first-order valence-corrected chi connectivity index (χ1v) is 6.84. The second kappa shape index (κ2) is 6.99. The van der Waals surface area contributed by atoms with Gasteiger partial charge in [-0.25, -0.2) is 4.79 Å². The van der Waals surface area contributed by atoms with Crippen LogP contribution in [0.5, 0.6) is 0 Å². The van der Waals surface area contributed by atoms with Crippen molar-refractivity contribution in [2.24, 2.45) is 0 Å². The second-order valence-electron chi connectivity index (χ2n) is 4.86. The van der Waals surface area contributed by atoms with E-state index in [2.05, 4.69) is 4.98 Å². The van der Waals surface area contributed by atoms with Gasteiger partial charge in [-0.05, 0) is 6.42 Å². The van der Waals surface area contributed by atoms with E-state index < -0.39 is 35.8 Å². The largest absolute Gasteiger partial charge is 0.387 e. The van der Waals surface area contributed by atoms with Gasteiger partial charge in [0, 0.05) is 26.0 Å². The maximum atomic E-state index is 11.9. The average Bonchev–Trinajstić information content (AvgIpc) is 2.74. The number of rotatable bonds is 6. The minimum absolute atomic E-state index is 0.182. The maximum absolute atomic E-state index is 11.9. The molecule has 118 valence electrons. The molecule has 1 aliphatic heterocycles. The molecule has 2 unspecified atom stereocenters. The van der Waals surface area contributed by atoms with Crippen molar-refractivity contribution in [1.29, 1.82) is 0 Å². The van der Waals surface area contributed by atoms with Crippen molar-refractivity contribution < 1.29 is 19.3 Å². The van der Waals surface area contributed by atoms with E-state index >= 15 is 0 Å². The molecule has 1 fully saturated rings. The molecule has 8 nitrogen and oxygen atoms in total. The zero-order chi connectivity index (χ0) is 15.4. The predicted octanol–water partition coefficient (Wildman–Crippen LogP) is -0.763. The summed E-state index contributed by atoms with van der Waals surface area (Å²) in [7, 11) is 1.50. The summed E-state index contributed by atoms with van der Waals surface area (Å²) in [4.78, 5) is 25.2. The van der Waals surface area contributed by atoms with Gasteiger partial charge in [-0.3, -0.25) is 14.3 Å². The lowest BCUT2D eigenvalue weighted by molar-refractivity contribution is -0.0763. The van der Waals surface area contributed by atoms with E-state index in [1.807, 2.05) is 6.92 Å². The lowest BCUT2D eigenvalue weighted by atomic mass is 10.1. The molecule has 4 atom stereocenters. The van der Waals surface area contributed by atoms with Crippen LogP contribution in [-0.4, -0.2) is 53.3 Å². The molecule has 0 amide bonds. The molecule has 21 heavy (non-hydrogen) atoms. The number of nitrogens with zero attached hydrogens (tertiary/aromatic N) is 1. The minimum Gasteiger partial charge on any atom is -0.387 e. The summed E-state index contributed by atoms with van der Waals surface area (Å²) in [5.41, 5.74) is -1.10. The number of aliphatic hydroxyl groups is 1. The summed E-state index contributed by atoms with van der Waals surface area (Å²) in [6.07, 6.45) is -0.924. The predicted molar refractivity (Wildman–Crippen MR) is 73.1 cm³/mol. The lowest BCUT2D eigenvalue weighted by Gasteiger charge is -2.21. The van der Waals surface area contributed by atoms with E-state index in [-0.39, 0.29) is 6.61 Å². The molecule has 0 bridgehead atoms. The molecule has 0 saturated carbocycles. The summed E-state index contributed by atoms with van der Waals surface area (Å²) in [5.74, 6) is 0. The number of ether oxygens (including phenoxy) is 3. The van der Waals surface area contributed by atoms with E-state index in [9.17, 15) is 14.7 Å². The Bertz CT molecular complexity index is 568. The number of methoxy groups -OCH3 is 1. The van der Waals surface area contributed by atoms with Crippen molar-refractivity contribution >= 4 is 0 Å². The van der Waals surface area contributed by atoms with Crippen LogP contribution in [-0.2, 0) is 14.2 Å². The molecule has 1 aromatic rings. The van der Waals surface area contributed by atoms with Gasteiger partial charge >= 0.3 is 5.69 Å². The Morgan fingerprint density at radius 2 is 2.24 bits per heavy atom. The number of aromatic nitrogens is 2. The molecular weight excluding hydrogens is 280 g/mol. The Kier molecular flexibility index (Phi) is 5.29. The average molecular weight is 300 g/mol. The summed E-state index contributed by atoms with van der Waals surface area (Å²) in [6.45, 7) is 2.55. The van der Waals surface area contributed by atoms with Crippen LogP contribution in [0.1, 0.15) is 19.6 Å². The Labute approximate surface area is 121 Å². The van der Waals surface area contributed by atoms with Crippen LogP contribution in [0.2, 0.25) is 0 Å². The molecule has 0 radical (unpaired) electrons. The number of aliphatic hydroxyl groups excluding tert-OH is 1. The van der Waals surface area contributed by atoms with Crippen molar-refractivity contribution in [3.8, 4) is 0 Å². The van der Waals surface area contributed by atoms with Gasteiger partial charge in [-0.15, -0.1) is 0 Å². The molecule has 0 aliphatic carbocycles. The Balaban J connectivity index is 2.29. The van der Waals surface area contributed by atoms with Gasteiger partial charge in [0.25, 0.3) is 5.56 Å². The van der Waals surface area contributed by atoms with E-state index in [1.54, 1.807) is 0 Å². The zero-order valence-electron chi connectivity index (χ0n) is 12.0. The smallest absolute Gasteiger partial charge is 0.330 e. The first-order valence-electron chi connectivity index (χ1n) is 6.84. The van der Waals surface area contributed by atoms with Gasteiger partial charge in [-0.1, -0.05) is 6.92 Å². The third-order valence-corrected chi connectivity index (χ3v) is 3.28. The molecule has 2 heterocycles. The van der Waals surface area contributed by atoms with Gasteiger partial charge in [0.05, 0.1) is 6.61 Å². The molecular formula is C13H20N2O6. The molecule has 1 saturated heterocycles. The zero-order valence-corrected chi connectivity index (χ0v) is 12.0. The number of nitrogens with one attached hydrogen (secondary N) is 1. The number of aromatic amines is 1. The van der Waals surface area contributed by atoms with Crippen LogP contribution < -0.4 is 11.2 Å². The molecule has 1 aliphatic rings. The van der Waals surface area contributed by atoms with Gasteiger partial charge in [-0.2, -0.15) is 0 Å². The molecule has 8 heteroatoms. The van der Waals surface area contributed by atoms with E-state index in [1.165, 1.54) is 23.9 Å². The third kappa shape index (κ3) is 3.41. The first kappa shape index (κ1) is 15.9. The third-order valence-electron chi connectivity index (χ3n) is 3.28. The summed E-state index contributed by atoms with van der Waals surface area (Å²) < 4.78 is 17.5. The minimum atomic E-state index is -0.916. The van der Waals surface area contributed by atoms with Crippen LogP contribution in [0.15, 0.2) is 21.9 Å². The van der Waals surface area contributed by atoms with Crippen molar-refractivity contribution in [1.82, 2.24) is 9.55 Å². The monoisotopic (exact) mass is 300 g/mol. The fourth-order valence-corrected chi connectivity index (χ4v) is 2.31. The van der Waals surface area contributed by atoms with Gasteiger partial charge in [0.1, 0.15) is 18.3 Å². The van der Waals surface area contributed by atoms with Crippen LogP contribution in [0.25, 0.3) is 0 Å². The quantitative estimate of drug-likeness (QED) is 0.715. The Morgan fingerprint density at radius 1 is 1.48 bits per heavy atom. The van der Waals surface area contributed by atoms with Crippen LogP contribution >= 0.6 is 0 Å². The maximum Gasteiger partial charge on any atom is 0.330 e. The summed E-state index contributed by atoms with van der Waals surface area (Å²) in [5, 5.41) is 10.3. The molecule has 2 rings (SSSR count). The highest BCUT2D eigenvalue weighted by Gasteiger charge is 2.45. The fraction of sp³-hybridized carbons (Fsp3) is 0.692. The van der Waals surface area contributed by atoms with Gasteiger partial charge < -0.3 is 19.3 Å². The Hall–Kier alpha value is -1.48. The van der Waals surface area contributed by atoms with Crippen molar-refractivity contribution in [3.63, 3.8) is 0 Å². The highest BCUT2D eigenvalue weighted by molar-refractivity contribution is 4.94. The molecule has 1 aromatic heterocycles. The van der Waals surface area contributed by atoms with Crippen LogP contribution in [0, 0.1) is 0 Å². The Morgan fingerprint density at radius 3 is 2.86 bits per heavy atom. The lowest BCUT2D eigenvalue weighted by Crippen LogP contribution is -2.39. The second-order valence-corrected chi connectivity index (χ2v) is 4.86. The van der Waals surface area contributed by atoms with Crippen molar-refractivity contribution in [3.05, 3.63) is 33.1 Å². The van der Waals surface area contributed by atoms with E-state index in [0.29, 0.717) is 6.61 Å². The molecule has 2 N–H and O–H groups in total. The number of hydrogen-bond acceptors (Lipinski definition) is 6. The SMILES string of the molecule is CCCOC1C(O)[C@@H](COC)O[C@H]1n1ccc(=O)[nH]c1=O.